The zero-order chi connectivity index (χ0) is 19.5. The zero-order valence-corrected chi connectivity index (χ0v) is 16.2. The smallest absolute Gasteiger partial charge is 0.240 e. The van der Waals surface area contributed by atoms with Crippen molar-refractivity contribution in [1.29, 1.82) is 0 Å². The minimum Gasteiger partial charge on any atom is -0.486 e. The predicted molar refractivity (Wildman–Crippen MR) is 107 cm³/mol. The van der Waals surface area contributed by atoms with Crippen molar-refractivity contribution in [1.82, 2.24) is 20.1 Å². The highest BCUT2D eigenvalue weighted by molar-refractivity contribution is 7.71. The maximum absolute atomic E-state index is 12.5. The number of ether oxygens (including phenoxy) is 2. The first-order chi connectivity index (χ1) is 13.6. The van der Waals surface area contributed by atoms with Gasteiger partial charge in [-0.2, -0.15) is 5.10 Å². The van der Waals surface area contributed by atoms with Gasteiger partial charge in [0.25, 0.3) is 0 Å². The van der Waals surface area contributed by atoms with Gasteiger partial charge in [-0.3, -0.25) is 14.5 Å². The van der Waals surface area contributed by atoms with Crippen LogP contribution in [0.15, 0.2) is 42.5 Å². The second kappa shape index (κ2) is 7.85. The summed E-state index contributed by atoms with van der Waals surface area (Å²) in [5.41, 5.74) is 2.99. The predicted octanol–water partition coefficient (Wildman–Crippen LogP) is 3.00. The van der Waals surface area contributed by atoms with E-state index in [1.165, 1.54) is 0 Å². The number of nitrogens with one attached hydrogen (secondary N) is 2. The van der Waals surface area contributed by atoms with Gasteiger partial charge >= 0.3 is 0 Å². The lowest BCUT2D eigenvalue weighted by Crippen LogP contribution is -2.27. The molecule has 1 aliphatic heterocycles. The molecule has 7 nitrogen and oxygen atoms in total. The molecule has 0 aliphatic carbocycles. The molecular weight excluding hydrogens is 376 g/mol. The second-order valence-electron chi connectivity index (χ2n) is 6.56. The number of aromatic amines is 1. The molecule has 2 N–H and O–H groups in total. The molecule has 1 aromatic heterocycles. The Kier molecular flexibility index (Phi) is 5.12. The number of H-pyrrole nitrogens is 1. The highest BCUT2D eigenvalue weighted by Crippen LogP contribution is 2.30. The first kappa shape index (κ1) is 18.2. The number of nitrogens with zero attached hydrogens (tertiary/aromatic N) is 2. The molecule has 3 aromatic rings. The van der Waals surface area contributed by atoms with Crippen molar-refractivity contribution in [3.63, 3.8) is 0 Å². The number of carbonyl (C=O) groups is 1. The molecule has 2 heterocycles. The van der Waals surface area contributed by atoms with E-state index in [4.69, 9.17) is 21.7 Å². The average Bonchev–Trinajstić information content (AvgIpc) is 3.07. The summed E-state index contributed by atoms with van der Waals surface area (Å²) in [6.45, 7) is 3.58. The molecule has 0 saturated heterocycles. The lowest BCUT2D eigenvalue weighted by Gasteiger charge is -2.19. The van der Waals surface area contributed by atoms with Crippen molar-refractivity contribution in [2.45, 2.75) is 20.0 Å². The molecule has 4 rings (SSSR count). The van der Waals surface area contributed by atoms with E-state index in [9.17, 15) is 4.79 Å². The van der Waals surface area contributed by atoms with E-state index in [0.29, 0.717) is 36.1 Å². The van der Waals surface area contributed by atoms with Gasteiger partial charge in [0.15, 0.2) is 22.1 Å². The van der Waals surface area contributed by atoms with Crippen LogP contribution in [0, 0.1) is 11.7 Å². The molecule has 144 valence electrons. The minimum atomic E-state index is -0.152. The maximum atomic E-state index is 12.5. The fourth-order valence-electron chi connectivity index (χ4n) is 2.99. The van der Waals surface area contributed by atoms with Crippen molar-refractivity contribution >= 4 is 18.1 Å². The number of rotatable bonds is 5. The van der Waals surface area contributed by atoms with Crippen molar-refractivity contribution in [3.8, 4) is 22.9 Å². The van der Waals surface area contributed by atoms with Gasteiger partial charge in [0, 0.05) is 12.1 Å². The van der Waals surface area contributed by atoms with Crippen molar-refractivity contribution in [2.75, 3.05) is 13.2 Å². The summed E-state index contributed by atoms with van der Waals surface area (Å²) in [6, 6.07) is 13.6. The molecular formula is C20H20N4O3S. The monoisotopic (exact) mass is 396 g/mol. The van der Waals surface area contributed by atoms with Crippen LogP contribution in [0.4, 0.5) is 0 Å². The number of fused-ring (bicyclic) bond motifs is 1. The molecule has 0 saturated carbocycles. The van der Waals surface area contributed by atoms with Gasteiger partial charge in [-0.05, 0) is 36.8 Å². The molecule has 1 aliphatic rings. The number of hydrogen-bond donors (Lipinski definition) is 2. The fourth-order valence-corrected chi connectivity index (χ4v) is 3.18. The largest absolute Gasteiger partial charge is 0.486 e. The molecule has 0 spiro atoms. The quantitative estimate of drug-likeness (QED) is 0.648. The van der Waals surface area contributed by atoms with E-state index in [1.54, 1.807) is 4.57 Å². The van der Waals surface area contributed by atoms with Crippen LogP contribution in [0.1, 0.15) is 11.1 Å². The summed E-state index contributed by atoms with van der Waals surface area (Å²) < 4.78 is 13.2. The third-order valence-corrected chi connectivity index (χ3v) is 4.78. The van der Waals surface area contributed by atoms with Gasteiger partial charge in [-0.25, -0.2) is 0 Å². The first-order valence-electron chi connectivity index (χ1n) is 8.97. The molecule has 0 bridgehead atoms. The van der Waals surface area contributed by atoms with E-state index < -0.39 is 0 Å². The average molecular weight is 396 g/mol. The molecule has 8 heteroatoms. The maximum Gasteiger partial charge on any atom is 0.240 e. The highest BCUT2D eigenvalue weighted by Gasteiger charge is 2.14. The lowest BCUT2D eigenvalue weighted by molar-refractivity contribution is -0.121. The normalized spacial score (nSPS) is 12.6. The van der Waals surface area contributed by atoms with Gasteiger partial charge in [0.05, 0.1) is 0 Å². The van der Waals surface area contributed by atoms with Gasteiger partial charge in [0.2, 0.25) is 5.91 Å². The van der Waals surface area contributed by atoms with Crippen LogP contribution in [0.25, 0.3) is 11.4 Å². The molecule has 0 atom stereocenters. The van der Waals surface area contributed by atoms with Gasteiger partial charge < -0.3 is 14.8 Å². The Morgan fingerprint density at radius 2 is 1.93 bits per heavy atom. The summed E-state index contributed by atoms with van der Waals surface area (Å²) in [5.74, 6) is 1.92. The minimum absolute atomic E-state index is 0.0864. The first-order valence-corrected chi connectivity index (χ1v) is 9.38. The van der Waals surface area contributed by atoms with Gasteiger partial charge in [0.1, 0.15) is 19.8 Å². The molecule has 0 fully saturated rings. The summed E-state index contributed by atoms with van der Waals surface area (Å²) in [7, 11) is 0. The molecule has 0 radical (unpaired) electrons. The topological polar surface area (TPSA) is 81.2 Å². The number of aromatic nitrogens is 3. The Balaban J connectivity index is 1.44. The van der Waals surface area contributed by atoms with Crippen LogP contribution < -0.4 is 14.8 Å². The zero-order valence-electron chi connectivity index (χ0n) is 15.4. The van der Waals surface area contributed by atoms with E-state index in [0.717, 1.165) is 22.4 Å². The van der Waals surface area contributed by atoms with Crippen LogP contribution >= 0.6 is 12.2 Å². The van der Waals surface area contributed by atoms with E-state index in [-0.39, 0.29) is 12.5 Å². The highest BCUT2D eigenvalue weighted by atomic mass is 32.1. The number of hydrogen-bond acceptors (Lipinski definition) is 5. The summed E-state index contributed by atoms with van der Waals surface area (Å²) >= 11 is 5.30. The SMILES string of the molecule is Cc1ccc(-c2n[nH]c(=S)n2CC(=O)NCc2ccc3c(c2)OCCO3)cc1. The molecule has 1 amide bonds. The Morgan fingerprint density at radius 1 is 1.18 bits per heavy atom. The Hall–Kier alpha value is -3.13. The third kappa shape index (κ3) is 3.91. The van der Waals surface area contributed by atoms with Gasteiger partial charge in [-0.1, -0.05) is 35.9 Å². The number of amides is 1. The molecule has 2 aromatic carbocycles. The lowest BCUT2D eigenvalue weighted by atomic mass is 10.1. The Labute approximate surface area is 167 Å². The Bertz CT molecular complexity index is 1060. The standard InChI is InChI=1S/C20H20N4O3S/c1-13-2-5-15(6-3-13)19-22-23-20(28)24(19)12-18(25)21-11-14-4-7-16-17(10-14)27-9-8-26-16/h2-7,10H,8-9,11-12H2,1H3,(H,21,25)(H,23,28). The van der Waals surface area contributed by atoms with E-state index >= 15 is 0 Å². The third-order valence-electron chi connectivity index (χ3n) is 4.47. The fraction of sp³-hybridized carbons (Fsp3) is 0.250. The van der Waals surface area contributed by atoms with Crippen LogP contribution in [-0.4, -0.2) is 33.9 Å². The summed E-state index contributed by atoms with van der Waals surface area (Å²) in [5, 5.41) is 9.95. The molecule has 0 unspecified atom stereocenters. The van der Waals surface area contributed by atoms with Crippen molar-refractivity contribution in [2.24, 2.45) is 0 Å². The van der Waals surface area contributed by atoms with Crippen molar-refractivity contribution in [3.05, 3.63) is 58.4 Å². The van der Waals surface area contributed by atoms with E-state index in [2.05, 4.69) is 15.5 Å². The summed E-state index contributed by atoms with van der Waals surface area (Å²) in [6.07, 6.45) is 0. The van der Waals surface area contributed by atoms with Crippen LogP contribution in [0.3, 0.4) is 0 Å². The van der Waals surface area contributed by atoms with Crippen LogP contribution in [0.5, 0.6) is 11.5 Å². The van der Waals surface area contributed by atoms with Crippen LogP contribution in [0.2, 0.25) is 0 Å². The van der Waals surface area contributed by atoms with E-state index in [1.807, 2.05) is 49.4 Å². The van der Waals surface area contributed by atoms with Crippen molar-refractivity contribution < 1.29 is 14.3 Å². The number of benzene rings is 2. The second-order valence-corrected chi connectivity index (χ2v) is 6.95. The molecule has 28 heavy (non-hydrogen) atoms. The number of aryl methyl sites for hydroxylation is 1. The van der Waals surface area contributed by atoms with Gasteiger partial charge in [-0.15, -0.1) is 0 Å². The van der Waals surface area contributed by atoms with Crippen LogP contribution in [-0.2, 0) is 17.9 Å². The number of carbonyl (C=O) groups excluding carboxylic acids is 1. The Morgan fingerprint density at radius 3 is 2.71 bits per heavy atom. The summed E-state index contributed by atoms with van der Waals surface area (Å²) in [4.78, 5) is 12.5.